The van der Waals surface area contributed by atoms with Crippen LogP contribution in [0, 0.1) is 0 Å². The average molecular weight is 234 g/mol. The molecule has 1 aromatic carbocycles. The number of methoxy groups -OCH3 is 1. The van der Waals surface area contributed by atoms with E-state index in [1.807, 2.05) is 0 Å². The van der Waals surface area contributed by atoms with Crippen molar-refractivity contribution in [2.75, 3.05) is 32.1 Å². The largest absolute Gasteiger partial charge is 0.384 e. The van der Waals surface area contributed by atoms with Gasteiger partial charge in [-0.25, -0.2) is 0 Å². The van der Waals surface area contributed by atoms with Crippen LogP contribution in [0.15, 0.2) is 24.3 Å². The summed E-state index contributed by atoms with van der Waals surface area (Å²) in [7, 11) is 1.75. The number of ether oxygens (including phenoxy) is 1. The third-order valence-electron chi connectivity index (χ3n) is 3.25. The molecule has 1 aliphatic heterocycles. The Labute approximate surface area is 104 Å². The smallest absolute Gasteiger partial charge is 0.0503 e. The van der Waals surface area contributed by atoms with E-state index in [1.165, 1.54) is 24.1 Å². The molecule has 1 aromatic rings. The molecule has 1 aliphatic rings. The lowest BCUT2D eigenvalue weighted by molar-refractivity contribution is 0.202. The van der Waals surface area contributed by atoms with Gasteiger partial charge in [-0.05, 0) is 37.4 Å². The van der Waals surface area contributed by atoms with Crippen LogP contribution >= 0.6 is 0 Å². The first-order valence-corrected chi connectivity index (χ1v) is 6.44. The van der Waals surface area contributed by atoms with Crippen LogP contribution in [-0.2, 0) is 11.2 Å². The fourth-order valence-electron chi connectivity index (χ4n) is 2.29. The molecule has 1 unspecified atom stereocenters. The van der Waals surface area contributed by atoms with E-state index in [0.29, 0.717) is 6.04 Å². The van der Waals surface area contributed by atoms with Crippen LogP contribution in [0.3, 0.4) is 0 Å². The fourth-order valence-corrected chi connectivity index (χ4v) is 2.29. The molecule has 1 fully saturated rings. The molecule has 1 heterocycles. The summed E-state index contributed by atoms with van der Waals surface area (Å²) in [6, 6.07) is 9.09. The summed E-state index contributed by atoms with van der Waals surface area (Å²) >= 11 is 0. The molecule has 0 aliphatic carbocycles. The summed E-state index contributed by atoms with van der Waals surface area (Å²) in [5, 5.41) is 7.07. The van der Waals surface area contributed by atoms with Gasteiger partial charge in [0.15, 0.2) is 0 Å². The lowest BCUT2D eigenvalue weighted by atomic mass is 10.1. The molecule has 0 amide bonds. The molecular formula is C14H22N2O. The molecular weight excluding hydrogens is 212 g/mol. The zero-order valence-electron chi connectivity index (χ0n) is 10.5. The van der Waals surface area contributed by atoms with E-state index in [4.69, 9.17) is 4.74 Å². The first kappa shape index (κ1) is 12.4. The molecule has 2 N–H and O–H groups in total. The molecule has 0 spiro atoms. The lowest BCUT2D eigenvalue weighted by Crippen LogP contribution is -2.38. The van der Waals surface area contributed by atoms with Crippen LogP contribution in [0.2, 0.25) is 0 Å². The van der Waals surface area contributed by atoms with Gasteiger partial charge >= 0.3 is 0 Å². The number of rotatable bonds is 5. The molecule has 3 nitrogen and oxygen atoms in total. The van der Waals surface area contributed by atoms with E-state index in [9.17, 15) is 0 Å². The topological polar surface area (TPSA) is 33.3 Å². The zero-order chi connectivity index (χ0) is 11.9. The van der Waals surface area contributed by atoms with Gasteiger partial charge in [-0.1, -0.05) is 18.2 Å². The predicted octanol–water partition coefficient (Wildman–Crippen LogP) is 2.04. The van der Waals surface area contributed by atoms with Crippen molar-refractivity contribution in [3.8, 4) is 0 Å². The molecule has 1 atom stereocenters. The van der Waals surface area contributed by atoms with E-state index in [2.05, 4.69) is 34.9 Å². The van der Waals surface area contributed by atoms with Gasteiger partial charge < -0.3 is 15.4 Å². The number of nitrogens with one attached hydrogen (secondary N) is 2. The quantitative estimate of drug-likeness (QED) is 0.818. The standard InChI is InChI=1S/C14H22N2O/c1-17-10-8-12-5-2-3-7-14(12)16-13-6-4-9-15-11-13/h2-3,5,7,13,15-16H,4,6,8-11H2,1H3. The second-order valence-corrected chi connectivity index (χ2v) is 4.59. The van der Waals surface area contributed by atoms with Gasteiger partial charge in [-0.15, -0.1) is 0 Å². The maximum absolute atomic E-state index is 5.15. The first-order chi connectivity index (χ1) is 8.40. The Kier molecular flexibility index (Phi) is 4.83. The molecule has 17 heavy (non-hydrogen) atoms. The monoisotopic (exact) mass is 234 g/mol. The van der Waals surface area contributed by atoms with Crippen molar-refractivity contribution in [1.29, 1.82) is 0 Å². The highest BCUT2D eigenvalue weighted by Gasteiger charge is 2.13. The number of para-hydroxylation sites is 1. The van der Waals surface area contributed by atoms with Crippen molar-refractivity contribution in [1.82, 2.24) is 5.32 Å². The van der Waals surface area contributed by atoms with Crippen molar-refractivity contribution in [2.45, 2.75) is 25.3 Å². The third kappa shape index (κ3) is 3.72. The second-order valence-electron chi connectivity index (χ2n) is 4.59. The van der Waals surface area contributed by atoms with Gasteiger partial charge in [0.05, 0.1) is 6.61 Å². The van der Waals surface area contributed by atoms with Crippen LogP contribution in [0.4, 0.5) is 5.69 Å². The first-order valence-electron chi connectivity index (χ1n) is 6.44. The van der Waals surface area contributed by atoms with Gasteiger partial charge in [-0.3, -0.25) is 0 Å². The van der Waals surface area contributed by atoms with E-state index in [-0.39, 0.29) is 0 Å². The summed E-state index contributed by atoms with van der Waals surface area (Å²) in [4.78, 5) is 0. The van der Waals surface area contributed by atoms with Crippen molar-refractivity contribution < 1.29 is 4.74 Å². The van der Waals surface area contributed by atoms with Crippen molar-refractivity contribution in [3.63, 3.8) is 0 Å². The maximum Gasteiger partial charge on any atom is 0.0503 e. The SMILES string of the molecule is COCCc1ccccc1NC1CCCNC1. The van der Waals surface area contributed by atoms with Crippen LogP contribution < -0.4 is 10.6 Å². The van der Waals surface area contributed by atoms with Crippen molar-refractivity contribution in [3.05, 3.63) is 29.8 Å². The van der Waals surface area contributed by atoms with Gasteiger partial charge in [0.2, 0.25) is 0 Å². The Morgan fingerprint density at radius 2 is 2.29 bits per heavy atom. The second kappa shape index (κ2) is 6.62. The molecule has 0 aromatic heterocycles. The fraction of sp³-hybridized carbons (Fsp3) is 0.571. The summed E-state index contributed by atoms with van der Waals surface area (Å²) in [5.41, 5.74) is 2.61. The van der Waals surface area contributed by atoms with Crippen molar-refractivity contribution >= 4 is 5.69 Å². The average Bonchev–Trinajstić information content (AvgIpc) is 2.39. The Bertz CT molecular complexity index is 335. The minimum absolute atomic E-state index is 0.562. The summed E-state index contributed by atoms with van der Waals surface area (Å²) in [5.74, 6) is 0. The highest BCUT2D eigenvalue weighted by atomic mass is 16.5. The Balaban J connectivity index is 1.98. The highest BCUT2D eigenvalue weighted by Crippen LogP contribution is 2.18. The Morgan fingerprint density at radius 1 is 1.41 bits per heavy atom. The van der Waals surface area contributed by atoms with Crippen LogP contribution in [0.5, 0.6) is 0 Å². The Hall–Kier alpha value is -1.06. The maximum atomic E-state index is 5.15. The van der Waals surface area contributed by atoms with Crippen LogP contribution in [0.25, 0.3) is 0 Å². The van der Waals surface area contributed by atoms with E-state index < -0.39 is 0 Å². The summed E-state index contributed by atoms with van der Waals surface area (Å²) < 4.78 is 5.15. The van der Waals surface area contributed by atoms with Crippen LogP contribution in [0.1, 0.15) is 18.4 Å². The summed E-state index contributed by atoms with van der Waals surface area (Å²) in [6.07, 6.45) is 3.49. The minimum Gasteiger partial charge on any atom is -0.384 e. The zero-order valence-corrected chi connectivity index (χ0v) is 10.5. The number of hydrogen-bond acceptors (Lipinski definition) is 3. The third-order valence-corrected chi connectivity index (χ3v) is 3.25. The number of benzene rings is 1. The summed E-state index contributed by atoms with van der Waals surface area (Å²) in [6.45, 7) is 3.00. The molecule has 0 radical (unpaired) electrons. The number of anilines is 1. The van der Waals surface area contributed by atoms with Crippen molar-refractivity contribution in [2.24, 2.45) is 0 Å². The van der Waals surface area contributed by atoms with Gasteiger partial charge in [-0.2, -0.15) is 0 Å². The van der Waals surface area contributed by atoms with E-state index in [0.717, 1.165) is 26.1 Å². The number of hydrogen-bond donors (Lipinski definition) is 2. The molecule has 1 saturated heterocycles. The molecule has 2 rings (SSSR count). The van der Waals surface area contributed by atoms with Gasteiger partial charge in [0.25, 0.3) is 0 Å². The predicted molar refractivity (Wildman–Crippen MR) is 71.5 cm³/mol. The molecule has 0 bridgehead atoms. The van der Waals surface area contributed by atoms with Gasteiger partial charge in [0, 0.05) is 25.4 Å². The minimum atomic E-state index is 0.562. The van der Waals surface area contributed by atoms with E-state index >= 15 is 0 Å². The van der Waals surface area contributed by atoms with E-state index in [1.54, 1.807) is 7.11 Å². The van der Waals surface area contributed by atoms with Crippen LogP contribution in [-0.4, -0.2) is 32.8 Å². The molecule has 3 heteroatoms. The van der Waals surface area contributed by atoms with Gasteiger partial charge in [0.1, 0.15) is 0 Å². The Morgan fingerprint density at radius 3 is 3.06 bits per heavy atom. The lowest BCUT2D eigenvalue weighted by Gasteiger charge is -2.26. The number of piperidine rings is 1. The highest BCUT2D eigenvalue weighted by molar-refractivity contribution is 5.52. The normalized spacial score (nSPS) is 20.2. The molecule has 94 valence electrons. The molecule has 0 saturated carbocycles.